The Balaban J connectivity index is 2.47. The number of benzene rings is 1. The lowest BCUT2D eigenvalue weighted by Crippen LogP contribution is -2.43. The summed E-state index contributed by atoms with van der Waals surface area (Å²) >= 11 is 0. The molecule has 7 nitrogen and oxygen atoms in total. The quantitative estimate of drug-likeness (QED) is 0.759. The SMILES string of the molecule is CN(C)c1ccc2c(c1)S(=O)(=O)NC(=NC(C)(C)CO)N2. The summed E-state index contributed by atoms with van der Waals surface area (Å²) in [4.78, 5) is 6.20. The minimum atomic E-state index is -3.68. The highest BCUT2D eigenvalue weighted by atomic mass is 32.2. The number of nitrogens with zero attached hydrogens (tertiary/aromatic N) is 2. The van der Waals surface area contributed by atoms with Crippen molar-refractivity contribution in [3.8, 4) is 0 Å². The van der Waals surface area contributed by atoms with Gasteiger partial charge in [-0.3, -0.25) is 0 Å². The van der Waals surface area contributed by atoms with Gasteiger partial charge in [-0.1, -0.05) is 0 Å². The van der Waals surface area contributed by atoms with Crippen LogP contribution in [0.3, 0.4) is 0 Å². The third kappa shape index (κ3) is 3.27. The highest BCUT2D eigenvalue weighted by molar-refractivity contribution is 7.90. The van der Waals surface area contributed by atoms with Crippen molar-refractivity contribution in [2.75, 3.05) is 30.9 Å². The van der Waals surface area contributed by atoms with E-state index in [1.807, 2.05) is 25.1 Å². The summed E-state index contributed by atoms with van der Waals surface area (Å²) in [6.07, 6.45) is 0. The van der Waals surface area contributed by atoms with E-state index < -0.39 is 15.6 Å². The molecule has 2 rings (SSSR count). The fourth-order valence-electron chi connectivity index (χ4n) is 1.84. The Morgan fingerprint density at radius 2 is 2.00 bits per heavy atom. The van der Waals surface area contributed by atoms with E-state index in [1.54, 1.807) is 26.0 Å². The van der Waals surface area contributed by atoms with Crippen LogP contribution in [-0.4, -0.2) is 45.7 Å². The largest absolute Gasteiger partial charge is 0.394 e. The van der Waals surface area contributed by atoms with Crippen LogP contribution in [0.15, 0.2) is 28.1 Å². The molecule has 0 unspecified atom stereocenters. The molecule has 0 saturated carbocycles. The highest BCUT2D eigenvalue weighted by Gasteiger charge is 2.28. The number of guanidine groups is 1. The van der Waals surface area contributed by atoms with Crippen LogP contribution in [0.2, 0.25) is 0 Å². The van der Waals surface area contributed by atoms with E-state index in [0.717, 1.165) is 5.69 Å². The lowest BCUT2D eigenvalue weighted by atomic mass is 10.1. The molecule has 0 saturated heterocycles. The van der Waals surface area contributed by atoms with Crippen molar-refractivity contribution in [1.82, 2.24) is 4.72 Å². The molecule has 1 aliphatic rings. The Morgan fingerprint density at radius 3 is 2.57 bits per heavy atom. The molecule has 1 aromatic rings. The zero-order valence-electron chi connectivity index (χ0n) is 12.5. The smallest absolute Gasteiger partial charge is 0.266 e. The fourth-order valence-corrected chi connectivity index (χ4v) is 2.98. The second kappa shape index (κ2) is 5.19. The van der Waals surface area contributed by atoms with Crippen LogP contribution in [0.25, 0.3) is 0 Å². The van der Waals surface area contributed by atoms with Crippen LogP contribution in [-0.2, 0) is 10.0 Å². The number of anilines is 2. The summed E-state index contributed by atoms with van der Waals surface area (Å²) in [6.45, 7) is 3.23. The fraction of sp³-hybridized carbons (Fsp3) is 0.462. The topological polar surface area (TPSA) is 94.0 Å². The first-order chi connectivity index (χ1) is 9.64. The van der Waals surface area contributed by atoms with Crippen LogP contribution in [0, 0.1) is 0 Å². The second-order valence-corrected chi connectivity index (χ2v) is 7.39. The monoisotopic (exact) mass is 312 g/mol. The number of fused-ring (bicyclic) bond motifs is 1. The standard InChI is InChI=1S/C13H20N4O3S/c1-13(2,8-18)15-12-14-10-6-5-9(17(3)4)7-11(10)21(19,20)16-12/h5-7,18H,8H2,1-4H3,(H2,14,15,16). The molecule has 3 N–H and O–H groups in total. The first kappa shape index (κ1) is 15.6. The Hall–Kier alpha value is -1.80. The molecule has 0 aromatic heterocycles. The first-order valence-corrected chi connectivity index (χ1v) is 7.95. The number of sulfonamides is 1. The molecule has 0 amide bonds. The minimum absolute atomic E-state index is 0.110. The van der Waals surface area contributed by atoms with Gasteiger partial charge in [-0.15, -0.1) is 0 Å². The number of nitrogens with one attached hydrogen (secondary N) is 2. The zero-order chi connectivity index (χ0) is 15.8. The molecule has 1 aromatic carbocycles. The minimum Gasteiger partial charge on any atom is -0.394 e. The number of aliphatic hydroxyl groups excluding tert-OH is 1. The summed E-state index contributed by atoms with van der Waals surface area (Å²) in [5.74, 6) is 0.110. The van der Waals surface area contributed by atoms with Crippen LogP contribution < -0.4 is 14.9 Å². The molecular formula is C13H20N4O3S. The van der Waals surface area contributed by atoms with E-state index >= 15 is 0 Å². The second-order valence-electron chi connectivity index (χ2n) is 5.74. The van der Waals surface area contributed by atoms with E-state index in [2.05, 4.69) is 15.0 Å². The zero-order valence-corrected chi connectivity index (χ0v) is 13.3. The first-order valence-electron chi connectivity index (χ1n) is 6.46. The van der Waals surface area contributed by atoms with Gasteiger partial charge in [-0.2, -0.15) is 0 Å². The van der Waals surface area contributed by atoms with E-state index in [-0.39, 0.29) is 17.5 Å². The summed E-state index contributed by atoms with van der Waals surface area (Å²) in [6, 6.07) is 5.12. The van der Waals surface area contributed by atoms with Crippen molar-refractivity contribution < 1.29 is 13.5 Å². The van der Waals surface area contributed by atoms with E-state index in [0.29, 0.717) is 5.69 Å². The van der Waals surface area contributed by atoms with Crippen LogP contribution in [0.5, 0.6) is 0 Å². The van der Waals surface area contributed by atoms with Gasteiger partial charge in [0.15, 0.2) is 0 Å². The normalized spacial score (nSPS) is 18.6. The molecule has 0 radical (unpaired) electrons. The van der Waals surface area contributed by atoms with Gasteiger partial charge in [0.1, 0.15) is 4.90 Å². The van der Waals surface area contributed by atoms with E-state index in [9.17, 15) is 13.5 Å². The van der Waals surface area contributed by atoms with Crippen LogP contribution >= 0.6 is 0 Å². The summed E-state index contributed by atoms with van der Waals surface area (Å²) in [7, 11) is 0.00446. The third-order valence-corrected chi connectivity index (χ3v) is 4.44. The van der Waals surface area contributed by atoms with Gasteiger partial charge >= 0.3 is 0 Å². The number of rotatable bonds is 3. The van der Waals surface area contributed by atoms with Crippen LogP contribution in [0.4, 0.5) is 11.4 Å². The number of hydrogen-bond donors (Lipinski definition) is 3. The molecule has 0 atom stereocenters. The van der Waals surface area contributed by atoms with Gasteiger partial charge in [-0.25, -0.2) is 18.1 Å². The van der Waals surface area contributed by atoms with Crippen molar-refractivity contribution in [2.45, 2.75) is 24.3 Å². The maximum atomic E-state index is 12.3. The van der Waals surface area contributed by atoms with Crippen molar-refractivity contribution in [3.05, 3.63) is 18.2 Å². The molecule has 1 aliphatic heterocycles. The van der Waals surface area contributed by atoms with Crippen molar-refractivity contribution in [2.24, 2.45) is 4.99 Å². The van der Waals surface area contributed by atoms with Gasteiger partial charge in [0.2, 0.25) is 5.96 Å². The predicted octanol–water partition coefficient (Wildman–Crippen LogP) is 0.583. The Morgan fingerprint density at radius 1 is 1.33 bits per heavy atom. The molecular weight excluding hydrogens is 292 g/mol. The summed E-state index contributed by atoms with van der Waals surface area (Å²) < 4.78 is 27.0. The Kier molecular flexibility index (Phi) is 3.85. The summed E-state index contributed by atoms with van der Waals surface area (Å²) in [5, 5.41) is 12.2. The highest BCUT2D eigenvalue weighted by Crippen LogP contribution is 2.29. The third-order valence-electron chi connectivity index (χ3n) is 3.06. The number of hydrogen-bond acceptors (Lipinski definition) is 5. The Bertz CT molecular complexity index is 681. The maximum absolute atomic E-state index is 12.3. The van der Waals surface area contributed by atoms with Gasteiger partial charge in [-0.05, 0) is 32.0 Å². The van der Waals surface area contributed by atoms with Crippen LogP contribution in [0.1, 0.15) is 13.8 Å². The molecule has 1 heterocycles. The molecule has 0 bridgehead atoms. The van der Waals surface area contributed by atoms with Crippen molar-refractivity contribution in [3.63, 3.8) is 0 Å². The molecule has 0 spiro atoms. The number of aliphatic imine (C=N–C) groups is 1. The molecule has 8 heteroatoms. The molecule has 0 fully saturated rings. The van der Waals surface area contributed by atoms with Gasteiger partial charge < -0.3 is 15.3 Å². The lowest BCUT2D eigenvalue weighted by Gasteiger charge is -2.26. The number of aliphatic hydroxyl groups is 1. The van der Waals surface area contributed by atoms with Crippen molar-refractivity contribution >= 4 is 27.4 Å². The van der Waals surface area contributed by atoms with Gasteiger partial charge in [0.05, 0.1) is 17.8 Å². The van der Waals surface area contributed by atoms with E-state index in [4.69, 9.17) is 0 Å². The average molecular weight is 312 g/mol. The Labute approximate surface area is 124 Å². The van der Waals surface area contributed by atoms with E-state index in [1.165, 1.54) is 0 Å². The van der Waals surface area contributed by atoms with Crippen molar-refractivity contribution in [1.29, 1.82) is 0 Å². The average Bonchev–Trinajstić information content (AvgIpc) is 2.37. The molecule has 21 heavy (non-hydrogen) atoms. The molecule has 116 valence electrons. The van der Waals surface area contributed by atoms with Gasteiger partial charge in [0, 0.05) is 19.8 Å². The maximum Gasteiger partial charge on any atom is 0.266 e. The van der Waals surface area contributed by atoms with Gasteiger partial charge in [0.25, 0.3) is 10.0 Å². The predicted molar refractivity (Wildman–Crippen MR) is 83.3 cm³/mol. The summed E-state index contributed by atoms with van der Waals surface area (Å²) in [5.41, 5.74) is 0.482. The lowest BCUT2D eigenvalue weighted by molar-refractivity contribution is 0.222. The molecule has 0 aliphatic carbocycles.